The van der Waals surface area contributed by atoms with Crippen LogP contribution >= 0.6 is 0 Å². The highest BCUT2D eigenvalue weighted by Gasteiger charge is 2.29. The first-order valence-electron chi connectivity index (χ1n) is 11.2. The number of guanidine groups is 1. The van der Waals surface area contributed by atoms with Gasteiger partial charge in [-0.1, -0.05) is 6.92 Å². The molecule has 30 heavy (non-hydrogen) atoms. The van der Waals surface area contributed by atoms with E-state index in [2.05, 4.69) is 43.5 Å². The first-order chi connectivity index (χ1) is 14.5. The van der Waals surface area contributed by atoms with E-state index in [0.29, 0.717) is 18.5 Å². The predicted molar refractivity (Wildman–Crippen MR) is 117 cm³/mol. The molecule has 0 spiro atoms. The second-order valence-corrected chi connectivity index (χ2v) is 8.55. The Bertz CT molecular complexity index is 868. The fourth-order valence-corrected chi connectivity index (χ4v) is 4.63. The molecule has 2 unspecified atom stereocenters. The van der Waals surface area contributed by atoms with Crippen LogP contribution in [0.1, 0.15) is 49.3 Å². The summed E-state index contributed by atoms with van der Waals surface area (Å²) in [6, 6.07) is 0.592. The SMILES string of the molecule is CCN1CCCC1CNC(=NCc1nnc(C)n1C)N1CCC(c2cnn(C)c2)C1. The monoisotopic (exact) mass is 413 g/mol. The summed E-state index contributed by atoms with van der Waals surface area (Å²) < 4.78 is 3.90. The first-order valence-corrected chi connectivity index (χ1v) is 11.2. The zero-order chi connectivity index (χ0) is 21.1. The van der Waals surface area contributed by atoms with Crippen LogP contribution in [-0.4, -0.2) is 79.1 Å². The third kappa shape index (κ3) is 4.50. The zero-order valence-electron chi connectivity index (χ0n) is 18.8. The maximum atomic E-state index is 4.96. The second kappa shape index (κ2) is 9.16. The molecule has 0 amide bonds. The van der Waals surface area contributed by atoms with E-state index in [1.54, 1.807) is 0 Å². The molecule has 1 N–H and O–H groups in total. The fraction of sp³-hybridized carbons (Fsp3) is 0.714. The van der Waals surface area contributed by atoms with Crippen molar-refractivity contribution in [2.24, 2.45) is 19.1 Å². The average molecular weight is 414 g/mol. The topological polar surface area (TPSA) is 79.4 Å². The fourth-order valence-electron chi connectivity index (χ4n) is 4.63. The van der Waals surface area contributed by atoms with Gasteiger partial charge in [-0.2, -0.15) is 5.10 Å². The smallest absolute Gasteiger partial charge is 0.194 e. The molecule has 2 aliphatic rings. The molecule has 2 atom stereocenters. The van der Waals surface area contributed by atoms with Gasteiger partial charge < -0.3 is 14.8 Å². The molecule has 2 saturated heterocycles. The van der Waals surface area contributed by atoms with Gasteiger partial charge in [-0.3, -0.25) is 9.58 Å². The molecule has 9 nitrogen and oxygen atoms in total. The second-order valence-electron chi connectivity index (χ2n) is 8.55. The van der Waals surface area contributed by atoms with Crippen LogP contribution in [-0.2, 0) is 20.6 Å². The molecular formula is C21H35N9. The normalized spacial score (nSPS) is 22.9. The number of nitrogens with zero attached hydrogens (tertiary/aromatic N) is 8. The Kier molecular flexibility index (Phi) is 6.36. The van der Waals surface area contributed by atoms with Crippen molar-refractivity contribution in [2.45, 2.75) is 51.6 Å². The predicted octanol–water partition coefficient (Wildman–Crippen LogP) is 1.28. The maximum Gasteiger partial charge on any atom is 0.194 e. The number of likely N-dealkylation sites (N-methyl/N-ethyl adjacent to an activating group) is 1. The van der Waals surface area contributed by atoms with Crippen molar-refractivity contribution in [3.05, 3.63) is 29.6 Å². The number of likely N-dealkylation sites (tertiary alicyclic amines) is 2. The third-order valence-corrected chi connectivity index (χ3v) is 6.64. The summed E-state index contributed by atoms with van der Waals surface area (Å²) in [6.07, 6.45) is 7.81. The molecular weight excluding hydrogens is 378 g/mol. The van der Waals surface area contributed by atoms with Crippen molar-refractivity contribution in [1.82, 2.24) is 39.7 Å². The summed E-state index contributed by atoms with van der Waals surface area (Å²) in [6.45, 7) is 10.0. The number of hydrogen-bond donors (Lipinski definition) is 1. The van der Waals surface area contributed by atoms with E-state index in [9.17, 15) is 0 Å². The molecule has 4 rings (SSSR count). The highest BCUT2D eigenvalue weighted by atomic mass is 15.3. The Morgan fingerprint density at radius 1 is 1.23 bits per heavy atom. The number of aromatic nitrogens is 5. The first kappa shape index (κ1) is 20.8. The van der Waals surface area contributed by atoms with Gasteiger partial charge in [-0.25, -0.2) is 4.99 Å². The molecule has 0 aliphatic carbocycles. The average Bonchev–Trinajstić information content (AvgIpc) is 3.52. The number of aliphatic imine (C=N–C) groups is 1. The van der Waals surface area contributed by atoms with E-state index < -0.39 is 0 Å². The van der Waals surface area contributed by atoms with Gasteiger partial charge in [0.1, 0.15) is 12.4 Å². The minimum atomic E-state index is 0.501. The van der Waals surface area contributed by atoms with E-state index in [0.717, 1.165) is 50.2 Å². The lowest BCUT2D eigenvalue weighted by molar-refractivity contribution is 0.265. The Morgan fingerprint density at radius 2 is 2.10 bits per heavy atom. The van der Waals surface area contributed by atoms with E-state index >= 15 is 0 Å². The van der Waals surface area contributed by atoms with Crippen LogP contribution in [0.2, 0.25) is 0 Å². The van der Waals surface area contributed by atoms with Gasteiger partial charge >= 0.3 is 0 Å². The Hall–Kier alpha value is -2.42. The van der Waals surface area contributed by atoms with Gasteiger partial charge in [0, 0.05) is 51.9 Å². The molecule has 2 aromatic heterocycles. The summed E-state index contributed by atoms with van der Waals surface area (Å²) in [7, 11) is 3.98. The number of hydrogen-bond acceptors (Lipinski definition) is 5. The number of aryl methyl sites for hydroxylation is 2. The molecule has 2 fully saturated rings. The van der Waals surface area contributed by atoms with Crippen LogP contribution in [0.5, 0.6) is 0 Å². The molecule has 0 saturated carbocycles. The van der Waals surface area contributed by atoms with Crippen molar-refractivity contribution in [1.29, 1.82) is 0 Å². The van der Waals surface area contributed by atoms with Gasteiger partial charge in [0.15, 0.2) is 11.8 Å². The molecule has 9 heteroatoms. The Labute approximate surface area is 179 Å². The van der Waals surface area contributed by atoms with Crippen molar-refractivity contribution in [2.75, 3.05) is 32.7 Å². The lowest BCUT2D eigenvalue weighted by Crippen LogP contribution is -2.46. The summed E-state index contributed by atoms with van der Waals surface area (Å²) >= 11 is 0. The minimum absolute atomic E-state index is 0.501. The molecule has 164 valence electrons. The van der Waals surface area contributed by atoms with Gasteiger partial charge in [-0.05, 0) is 44.8 Å². The largest absolute Gasteiger partial charge is 0.355 e. The van der Waals surface area contributed by atoms with Crippen LogP contribution in [0.25, 0.3) is 0 Å². The number of rotatable bonds is 6. The van der Waals surface area contributed by atoms with E-state index in [1.165, 1.54) is 24.9 Å². The highest BCUT2D eigenvalue weighted by molar-refractivity contribution is 5.80. The van der Waals surface area contributed by atoms with Gasteiger partial charge in [0.2, 0.25) is 0 Å². The van der Waals surface area contributed by atoms with Crippen LogP contribution in [0, 0.1) is 6.92 Å². The van der Waals surface area contributed by atoms with Crippen LogP contribution in [0.4, 0.5) is 0 Å². The van der Waals surface area contributed by atoms with E-state index in [-0.39, 0.29) is 0 Å². The van der Waals surface area contributed by atoms with Gasteiger partial charge in [-0.15, -0.1) is 10.2 Å². The van der Waals surface area contributed by atoms with Crippen molar-refractivity contribution >= 4 is 5.96 Å². The third-order valence-electron chi connectivity index (χ3n) is 6.64. The molecule has 4 heterocycles. The van der Waals surface area contributed by atoms with E-state index in [4.69, 9.17) is 4.99 Å². The lowest BCUT2D eigenvalue weighted by Gasteiger charge is -2.27. The summed E-state index contributed by atoms with van der Waals surface area (Å²) in [4.78, 5) is 9.93. The molecule has 2 aliphatic heterocycles. The van der Waals surface area contributed by atoms with Crippen molar-refractivity contribution in [3.8, 4) is 0 Å². The molecule has 0 radical (unpaired) electrons. The van der Waals surface area contributed by atoms with Gasteiger partial charge in [0.25, 0.3) is 0 Å². The zero-order valence-corrected chi connectivity index (χ0v) is 18.8. The van der Waals surface area contributed by atoms with Crippen LogP contribution < -0.4 is 5.32 Å². The van der Waals surface area contributed by atoms with E-state index in [1.807, 2.05) is 36.5 Å². The van der Waals surface area contributed by atoms with Crippen LogP contribution in [0.3, 0.4) is 0 Å². The van der Waals surface area contributed by atoms with Crippen LogP contribution in [0.15, 0.2) is 17.4 Å². The van der Waals surface area contributed by atoms with Crippen molar-refractivity contribution < 1.29 is 0 Å². The summed E-state index contributed by atoms with van der Waals surface area (Å²) in [5, 5.41) is 16.5. The standard InChI is InChI=1S/C21H35N9/c1-5-29-9-6-7-19(29)12-22-21(23-13-20-26-25-16(2)28(20)4)30-10-8-17(15-30)18-11-24-27(3)14-18/h11,14,17,19H,5-10,12-13,15H2,1-4H3,(H,22,23). The lowest BCUT2D eigenvalue weighted by atomic mass is 10.0. The minimum Gasteiger partial charge on any atom is -0.355 e. The van der Waals surface area contributed by atoms with Crippen molar-refractivity contribution in [3.63, 3.8) is 0 Å². The number of nitrogens with one attached hydrogen (secondary N) is 1. The quantitative estimate of drug-likeness (QED) is 0.568. The molecule has 0 aromatic carbocycles. The molecule has 0 bridgehead atoms. The highest BCUT2D eigenvalue weighted by Crippen LogP contribution is 2.27. The summed E-state index contributed by atoms with van der Waals surface area (Å²) in [5.74, 6) is 3.30. The summed E-state index contributed by atoms with van der Waals surface area (Å²) in [5.41, 5.74) is 1.32. The Balaban J connectivity index is 1.46. The molecule has 2 aromatic rings. The maximum absolute atomic E-state index is 4.96. The Morgan fingerprint density at radius 3 is 2.80 bits per heavy atom. The van der Waals surface area contributed by atoms with Gasteiger partial charge in [0.05, 0.1) is 6.20 Å².